The van der Waals surface area contributed by atoms with E-state index in [4.69, 9.17) is 4.74 Å². The zero-order valence-corrected chi connectivity index (χ0v) is 3.96. The number of rotatable bonds is 3. The highest BCUT2D eigenvalue weighted by Gasteiger charge is 2.20. The van der Waals surface area contributed by atoms with Gasteiger partial charge in [0.2, 0.25) is 0 Å². The van der Waals surface area contributed by atoms with E-state index in [2.05, 4.69) is 0 Å². The molecule has 1 radical (unpaired) electrons. The van der Waals surface area contributed by atoms with Crippen LogP contribution in [0.25, 0.3) is 0 Å². The Morgan fingerprint density at radius 2 is 2.57 bits per heavy atom. The summed E-state index contributed by atoms with van der Waals surface area (Å²) in [5.74, 6) is 0. The zero-order chi connectivity index (χ0) is 5.11. The van der Waals surface area contributed by atoms with Gasteiger partial charge >= 0.3 is 0 Å². The van der Waals surface area contributed by atoms with Gasteiger partial charge < -0.3 is 9.53 Å². The Bertz CT molecular complexity index is 66.5. The number of hydrogen-bond acceptors (Lipinski definition) is 2. The summed E-state index contributed by atoms with van der Waals surface area (Å²) < 4.78 is 4.82. The number of carbonyl (C=O) groups is 1. The first kappa shape index (κ1) is 4.78. The van der Waals surface area contributed by atoms with Gasteiger partial charge in [0.05, 0.1) is 12.7 Å². The van der Waals surface area contributed by atoms with Gasteiger partial charge in [0.1, 0.15) is 6.29 Å². The molecule has 1 saturated heterocycles. The second-order valence-corrected chi connectivity index (χ2v) is 1.56. The molecular weight excluding hydrogens is 92.1 g/mol. The SMILES string of the molecule is O=C[CH]CC1CO1. The monoisotopic (exact) mass is 99.0 g/mol. The smallest absolute Gasteiger partial charge is 0.123 e. The van der Waals surface area contributed by atoms with Crippen molar-refractivity contribution in [2.45, 2.75) is 12.5 Å². The van der Waals surface area contributed by atoms with E-state index in [1.807, 2.05) is 0 Å². The molecule has 0 aromatic heterocycles. The van der Waals surface area contributed by atoms with E-state index in [1.54, 1.807) is 6.42 Å². The highest BCUT2D eigenvalue weighted by Crippen LogP contribution is 2.13. The average molecular weight is 99.1 g/mol. The van der Waals surface area contributed by atoms with E-state index in [-0.39, 0.29) is 0 Å². The molecule has 0 saturated carbocycles. The fourth-order valence-electron chi connectivity index (χ4n) is 0.411. The predicted molar refractivity (Wildman–Crippen MR) is 24.7 cm³/mol. The van der Waals surface area contributed by atoms with Gasteiger partial charge in [-0.3, -0.25) is 0 Å². The topological polar surface area (TPSA) is 29.6 Å². The lowest BCUT2D eigenvalue weighted by atomic mass is 10.3. The first-order chi connectivity index (χ1) is 3.43. The maximum Gasteiger partial charge on any atom is 0.123 e. The lowest BCUT2D eigenvalue weighted by molar-refractivity contribution is -0.105. The molecule has 1 unspecified atom stereocenters. The minimum Gasteiger partial charge on any atom is -0.373 e. The molecule has 7 heavy (non-hydrogen) atoms. The lowest BCUT2D eigenvalue weighted by Gasteiger charge is -1.78. The average Bonchev–Trinajstić information content (AvgIpc) is 2.42. The van der Waals surface area contributed by atoms with Gasteiger partial charge in [0, 0.05) is 6.42 Å². The molecule has 2 heteroatoms. The normalized spacial score (nSPS) is 27.1. The standard InChI is InChI=1S/C5H7O2/c6-3-1-2-5-4-7-5/h1,3,5H,2,4H2. The van der Waals surface area contributed by atoms with Crippen LogP contribution in [0.3, 0.4) is 0 Å². The summed E-state index contributed by atoms with van der Waals surface area (Å²) in [6.45, 7) is 0.838. The molecular formula is C5H7O2. The highest BCUT2D eigenvalue weighted by atomic mass is 16.6. The lowest BCUT2D eigenvalue weighted by Crippen LogP contribution is -1.84. The summed E-state index contributed by atoms with van der Waals surface area (Å²) >= 11 is 0. The van der Waals surface area contributed by atoms with E-state index < -0.39 is 0 Å². The Labute approximate surface area is 42.5 Å². The van der Waals surface area contributed by atoms with Gasteiger partial charge in [-0.25, -0.2) is 0 Å². The van der Waals surface area contributed by atoms with Gasteiger partial charge in [-0.2, -0.15) is 0 Å². The Kier molecular flexibility index (Phi) is 1.42. The Hall–Kier alpha value is -0.370. The van der Waals surface area contributed by atoms with Crippen LogP contribution in [0.15, 0.2) is 0 Å². The molecule has 2 nitrogen and oxygen atoms in total. The molecule has 1 fully saturated rings. The number of hydrogen-bond donors (Lipinski definition) is 0. The number of carbonyl (C=O) groups excluding carboxylic acids is 1. The minimum absolute atomic E-state index is 0.366. The van der Waals surface area contributed by atoms with Crippen molar-refractivity contribution in [1.82, 2.24) is 0 Å². The summed E-state index contributed by atoms with van der Waals surface area (Å²) in [6.07, 6.45) is 3.55. The molecule has 0 aliphatic carbocycles. The molecule has 1 aliphatic rings. The molecule has 1 aliphatic heterocycles. The number of ether oxygens (including phenoxy) is 1. The second kappa shape index (κ2) is 2.07. The van der Waals surface area contributed by atoms with Crippen molar-refractivity contribution in [2.75, 3.05) is 6.61 Å². The molecule has 0 aromatic carbocycles. The van der Waals surface area contributed by atoms with Crippen LogP contribution in [0, 0.1) is 6.42 Å². The van der Waals surface area contributed by atoms with Crippen molar-refractivity contribution in [3.05, 3.63) is 6.42 Å². The Morgan fingerprint density at radius 1 is 1.86 bits per heavy atom. The first-order valence-corrected chi connectivity index (χ1v) is 2.32. The number of aldehydes is 1. The van der Waals surface area contributed by atoms with Crippen LogP contribution < -0.4 is 0 Å². The zero-order valence-electron chi connectivity index (χ0n) is 3.96. The third-order valence-corrected chi connectivity index (χ3v) is 0.898. The van der Waals surface area contributed by atoms with Gasteiger partial charge in [0.25, 0.3) is 0 Å². The predicted octanol–water partition coefficient (Wildman–Crippen LogP) is 0.178. The molecule has 0 amide bonds. The van der Waals surface area contributed by atoms with Gasteiger partial charge in [-0.1, -0.05) is 0 Å². The van der Waals surface area contributed by atoms with E-state index in [0.29, 0.717) is 6.10 Å². The third kappa shape index (κ3) is 1.69. The maximum atomic E-state index is 9.63. The highest BCUT2D eigenvalue weighted by molar-refractivity contribution is 5.60. The van der Waals surface area contributed by atoms with Crippen LogP contribution in [-0.2, 0) is 9.53 Å². The van der Waals surface area contributed by atoms with Crippen LogP contribution in [0.2, 0.25) is 0 Å². The largest absolute Gasteiger partial charge is 0.373 e. The summed E-state index contributed by atoms with van der Waals surface area (Å²) in [7, 11) is 0. The van der Waals surface area contributed by atoms with Gasteiger partial charge in [-0.05, 0) is 6.42 Å². The van der Waals surface area contributed by atoms with E-state index in [0.717, 1.165) is 19.3 Å². The van der Waals surface area contributed by atoms with Crippen LogP contribution in [0.1, 0.15) is 6.42 Å². The van der Waals surface area contributed by atoms with Crippen LogP contribution in [0.4, 0.5) is 0 Å². The molecule has 1 atom stereocenters. The summed E-state index contributed by atoms with van der Waals surface area (Å²) in [4.78, 5) is 9.63. The van der Waals surface area contributed by atoms with Gasteiger partial charge in [-0.15, -0.1) is 0 Å². The first-order valence-electron chi connectivity index (χ1n) is 2.32. The van der Waals surface area contributed by atoms with Crippen molar-refractivity contribution in [3.8, 4) is 0 Å². The minimum atomic E-state index is 0.366. The van der Waals surface area contributed by atoms with E-state index in [9.17, 15) is 4.79 Å². The summed E-state index contributed by atoms with van der Waals surface area (Å²) in [5.41, 5.74) is 0. The number of epoxide rings is 1. The van der Waals surface area contributed by atoms with Crippen molar-refractivity contribution >= 4 is 6.29 Å². The van der Waals surface area contributed by atoms with Crippen molar-refractivity contribution in [1.29, 1.82) is 0 Å². The van der Waals surface area contributed by atoms with Crippen LogP contribution in [-0.4, -0.2) is 19.0 Å². The maximum absolute atomic E-state index is 9.63. The fourth-order valence-corrected chi connectivity index (χ4v) is 0.411. The van der Waals surface area contributed by atoms with Crippen molar-refractivity contribution < 1.29 is 9.53 Å². The second-order valence-electron chi connectivity index (χ2n) is 1.56. The van der Waals surface area contributed by atoms with Gasteiger partial charge in [0.15, 0.2) is 0 Å². The Morgan fingerprint density at radius 3 is 3.00 bits per heavy atom. The van der Waals surface area contributed by atoms with E-state index in [1.165, 1.54) is 0 Å². The van der Waals surface area contributed by atoms with Crippen LogP contribution >= 0.6 is 0 Å². The van der Waals surface area contributed by atoms with Crippen LogP contribution in [0.5, 0.6) is 0 Å². The molecule has 0 N–H and O–H groups in total. The quantitative estimate of drug-likeness (QED) is 0.373. The summed E-state index contributed by atoms with van der Waals surface area (Å²) in [5, 5.41) is 0. The molecule has 1 heterocycles. The molecule has 0 aromatic rings. The molecule has 1 rings (SSSR count). The van der Waals surface area contributed by atoms with Crippen molar-refractivity contribution in [2.24, 2.45) is 0 Å². The molecule has 0 bridgehead atoms. The van der Waals surface area contributed by atoms with Crippen molar-refractivity contribution in [3.63, 3.8) is 0 Å². The third-order valence-electron chi connectivity index (χ3n) is 0.898. The summed E-state index contributed by atoms with van der Waals surface area (Å²) in [6, 6.07) is 0. The van der Waals surface area contributed by atoms with E-state index >= 15 is 0 Å². The molecule has 0 spiro atoms. The Balaban J connectivity index is 1.88. The molecule has 39 valence electrons. The fraction of sp³-hybridized carbons (Fsp3) is 0.600.